The molecule has 1 unspecified atom stereocenters. The Hall–Kier alpha value is -3.05. The Bertz CT molecular complexity index is 1220. The van der Waals surface area contributed by atoms with Gasteiger partial charge in [0, 0.05) is 21.7 Å². The lowest BCUT2D eigenvalue weighted by atomic mass is 10.00. The summed E-state index contributed by atoms with van der Waals surface area (Å²) in [5.74, 6) is -1.44. The number of benzene rings is 3. The Balaban J connectivity index is 1.69. The predicted molar refractivity (Wildman–Crippen MR) is 131 cm³/mol. The Morgan fingerprint density at radius 2 is 1.47 bits per heavy atom. The van der Waals surface area contributed by atoms with Gasteiger partial charge < -0.3 is 16.2 Å². The standard InChI is InChI=1S/C24H24BrN3O5S/c25-28(34(32,33)20-9-5-2-6-10-20)16-18-11-13-19(14-12-18)24(31)27-21(22(29)23(26)30)15-17-7-3-1-4-8-17/h1-14,21-22,29H,15-16H2,(H2,26,30)(H,27,31)/t21-,22?/m0/s1. The number of halogens is 1. The van der Waals surface area contributed by atoms with E-state index in [9.17, 15) is 23.1 Å². The van der Waals surface area contributed by atoms with Gasteiger partial charge in [-0.15, -0.1) is 3.33 Å². The van der Waals surface area contributed by atoms with E-state index in [1.54, 1.807) is 30.3 Å². The summed E-state index contributed by atoms with van der Waals surface area (Å²) < 4.78 is 26.4. The molecule has 0 aliphatic carbocycles. The van der Waals surface area contributed by atoms with Crippen molar-refractivity contribution in [3.05, 3.63) is 102 Å². The van der Waals surface area contributed by atoms with Crippen molar-refractivity contribution in [2.75, 3.05) is 0 Å². The summed E-state index contributed by atoms with van der Waals surface area (Å²) in [5.41, 5.74) is 7.00. The van der Waals surface area contributed by atoms with Crippen LogP contribution >= 0.6 is 16.1 Å². The van der Waals surface area contributed by atoms with Crippen LogP contribution in [0, 0.1) is 0 Å². The smallest absolute Gasteiger partial charge is 0.252 e. The van der Waals surface area contributed by atoms with E-state index in [2.05, 4.69) is 21.5 Å². The fourth-order valence-corrected chi connectivity index (χ4v) is 5.10. The minimum absolute atomic E-state index is 0.0378. The molecular weight excluding hydrogens is 522 g/mol. The first-order valence-electron chi connectivity index (χ1n) is 10.3. The molecular formula is C24H24BrN3O5S. The van der Waals surface area contributed by atoms with E-state index in [1.165, 1.54) is 24.3 Å². The van der Waals surface area contributed by atoms with Crippen LogP contribution in [0.25, 0.3) is 0 Å². The molecule has 0 aromatic heterocycles. The van der Waals surface area contributed by atoms with Crippen LogP contribution in [-0.4, -0.2) is 40.8 Å². The Kier molecular flexibility index (Phi) is 8.56. The second kappa shape index (κ2) is 11.4. The lowest BCUT2D eigenvalue weighted by Gasteiger charge is -2.22. The second-order valence-electron chi connectivity index (χ2n) is 7.58. The van der Waals surface area contributed by atoms with Crippen LogP contribution in [0.15, 0.2) is 89.8 Å². The van der Waals surface area contributed by atoms with Gasteiger partial charge in [-0.2, -0.15) is 0 Å². The van der Waals surface area contributed by atoms with Crippen molar-refractivity contribution in [2.24, 2.45) is 5.73 Å². The van der Waals surface area contributed by atoms with E-state index in [-0.39, 0.29) is 23.4 Å². The first-order chi connectivity index (χ1) is 16.2. The molecule has 8 nitrogen and oxygen atoms in total. The van der Waals surface area contributed by atoms with Crippen molar-refractivity contribution < 1.29 is 23.1 Å². The van der Waals surface area contributed by atoms with E-state index >= 15 is 0 Å². The lowest BCUT2D eigenvalue weighted by molar-refractivity contribution is -0.127. The molecule has 3 aromatic carbocycles. The molecule has 0 saturated carbocycles. The summed E-state index contributed by atoms with van der Waals surface area (Å²) in [5, 5.41) is 12.9. The quantitative estimate of drug-likeness (QED) is 0.337. The van der Waals surface area contributed by atoms with Gasteiger partial charge in [0.15, 0.2) is 6.10 Å². The number of aliphatic hydroxyl groups is 1. The number of hydrogen-bond acceptors (Lipinski definition) is 5. The largest absolute Gasteiger partial charge is 0.381 e. The molecule has 0 aliphatic rings. The Morgan fingerprint density at radius 3 is 2.03 bits per heavy atom. The van der Waals surface area contributed by atoms with Gasteiger partial charge in [-0.3, -0.25) is 9.59 Å². The number of sulfonamides is 1. The highest BCUT2D eigenvalue weighted by Gasteiger charge is 2.27. The second-order valence-corrected chi connectivity index (χ2v) is 10.8. The maximum absolute atomic E-state index is 12.8. The lowest BCUT2D eigenvalue weighted by Crippen LogP contribution is -2.50. The topological polar surface area (TPSA) is 130 Å². The van der Waals surface area contributed by atoms with Gasteiger partial charge in [-0.05, 0) is 41.8 Å². The van der Waals surface area contributed by atoms with Crippen LogP contribution in [0.4, 0.5) is 0 Å². The monoisotopic (exact) mass is 545 g/mol. The molecule has 0 heterocycles. The van der Waals surface area contributed by atoms with E-state index < -0.39 is 34.0 Å². The van der Waals surface area contributed by atoms with Crippen LogP contribution in [0.1, 0.15) is 21.5 Å². The molecule has 0 aliphatic heterocycles. The van der Waals surface area contributed by atoms with Crippen molar-refractivity contribution in [3.8, 4) is 0 Å². The number of primary amides is 1. The summed E-state index contributed by atoms with van der Waals surface area (Å²) >= 11 is 3.11. The highest BCUT2D eigenvalue weighted by molar-refractivity contribution is 9.08. The molecule has 3 aromatic rings. The molecule has 2 atom stereocenters. The minimum Gasteiger partial charge on any atom is -0.381 e. The average Bonchev–Trinajstić information content (AvgIpc) is 2.84. The van der Waals surface area contributed by atoms with Crippen LogP contribution in [0.2, 0.25) is 0 Å². The summed E-state index contributed by atoms with van der Waals surface area (Å²) in [4.78, 5) is 24.5. The van der Waals surface area contributed by atoms with Crippen molar-refractivity contribution in [1.29, 1.82) is 0 Å². The van der Waals surface area contributed by atoms with Gasteiger partial charge in [-0.1, -0.05) is 60.7 Å². The number of amides is 2. The van der Waals surface area contributed by atoms with Gasteiger partial charge in [0.2, 0.25) is 5.91 Å². The van der Waals surface area contributed by atoms with Crippen molar-refractivity contribution in [2.45, 2.75) is 30.0 Å². The van der Waals surface area contributed by atoms with Crippen LogP contribution in [-0.2, 0) is 27.8 Å². The third-order valence-electron chi connectivity index (χ3n) is 5.11. The highest BCUT2D eigenvalue weighted by atomic mass is 79.9. The van der Waals surface area contributed by atoms with Gasteiger partial charge in [0.1, 0.15) is 0 Å². The molecule has 0 bridgehead atoms. The molecule has 2 amide bonds. The minimum atomic E-state index is -3.73. The number of carbonyl (C=O) groups excluding carboxylic acids is 2. The van der Waals surface area contributed by atoms with Crippen molar-refractivity contribution in [3.63, 3.8) is 0 Å². The summed E-state index contributed by atoms with van der Waals surface area (Å²) in [7, 11) is -3.73. The number of aliphatic hydroxyl groups excluding tert-OH is 1. The van der Waals surface area contributed by atoms with Crippen LogP contribution in [0.3, 0.4) is 0 Å². The predicted octanol–water partition coefficient (Wildman–Crippen LogP) is 2.37. The number of carbonyl (C=O) groups is 2. The van der Waals surface area contributed by atoms with Crippen LogP contribution in [0.5, 0.6) is 0 Å². The number of hydrogen-bond donors (Lipinski definition) is 3. The SMILES string of the molecule is NC(=O)C(O)[C@H](Cc1ccccc1)NC(=O)c1ccc(CN(Br)S(=O)(=O)c2ccccc2)cc1. The number of rotatable bonds is 10. The summed E-state index contributed by atoms with van der Waals surface area (Å²) in [6.07, 6.45) is -1.35. The maximum Gasteiger partial charge on any atom is 0.252 e. The first kappa shape index (κ1) is 25.6. The maximum atomic E-state index is 12.8. The third-order valence-corrected chi connectivity index (χ3v) is 8.03. The van der Waals surface area contributed by atoms with E-state index in [0.29, 0.717) is 5.56 Å². The van der Waals surface area contributed by atoms with Crippen molar-refractivity contribution >= 4 is 38.0 Å². The molecule has 0 spiro atoms. The van der Waals surface area contributed by atoms with E-state index in [1.807, 2.05) is 30.3 Å². The molecule has 3 rings (SSSR count). The molecule has 4 N–H and O–H groups in total. The van der Waals surface area contributed by atoms with Gasteiger partial charge >= 0.3 is 0 Å². The zero-order chi connectivity index (χ0) is 24.7. The average molecular weight is 546 g/mol. The summed E-state index contributed by atoms with van der Waals surface area (Å²) in [6, 6.07) is 22.5. The number of nitrogens with zero attached hydrogens (tertiary/aromatic N) is 1. The zero-order valence-corrected chi connectivity index (χ0v) is 20.4. The third kappa shape index (κ3) is 6.51. The first-order valence-corrected chi connectivity index (χ1v) is 12.5. The molecule has 0 saturated heterocycles. The fraction of sp³-hybridized carbons (Fsp3) is 0.167. The van der Waals surface area contributed by atoms with E-state index in [0.717, 1.165) is 8.89 Å². The summed E-state index contributed by atoms with van der Waals surface area (Å²) in [6.45, 7) is 0.0378. The zero-order valence-electron chi connectivity index (χ0n) is 18.0. The van der Waals surface area contributed by atoms with Crippen molar-refractivity contribution in [1.82, 2.24) is 8.65 Å². The van der Waals surface area contributed by atoms with Gasteiger partial charge in [0.25, 0.3) is 15.9 Å². The molecule has 0 radical (unpaired) electrons. The normalized spacial score (nSPS) is 13.3. The van der Waals surface area contributed by atoms with E-state index in [4.69, 9.17) is 5.73 Å². The fourth-order valence-electron chi connectivity index (χ4n) is 3.26. The van der Waals surface area contributed by atoms with Gasteiger partial charge in [0.05, 0.1) is 17.5 Å². The molecule has 178 valence electrons. The molecule has 10 heteroatoms. The number of nitrogens with one attached hydrogen (secondary N) is 1. The molecule has 0 fully saturated rings. The highest BCUT2D eigenvalue weighted by Crippen LogP contribution is 2.21. The Morgan fingerprint density at radius 1 is 0.912 bits per heavy atom. The van der Waals surface area contributed by atoms with Gasteiger partial charge in [-0.25, -0.2) is 8.42 Å². The van der Waals surface area contributed by atoms with Crippen LogP contribution < -0.4 is 11.1 Å². The number of nitrogens with two attached hydrogens (primary N) is 1. The molecule has 34 heavy (non-hydrogen) atoms. The Labute approximate surface area is 206 Å².